The van der Waals surface area contributed by atoms with Gasteiger partial charge in [0, 0.05) is 24.9 Å². The molecule has 2 aromatic rings. The standard InChI is InChI=1S/C17H22N4O4S/c1-11-7-8-13(26(3,23)24)9-14(11)18-17(22)21(2)10-15-19-16(25-20-15)12-5-4-6-12/h7-9,12H,4-6,10H2,1-3H3,(H,18,22). The molecule has 3 rings (SSSR count). The molecule has 8 nitrogen and oxygen atoms in total. The molecule has 0 saturated heterocycles. The number of benzene rings is 1. The van der Waals surface area contributed by atoms with E-state index in [4.69, 9.17) is 4.52 Å². The van der Waals surface area contributed by atoms with E-state index in [1.54, 1.807) is 20.0 Å². The Hall–Kier alpha value is -2.42. The van der Waals surface area contributed by atoms with Gasteiger partial charge in [0.1, 0.15) is 0 Å². The van der Waals surface area contributed by atoms with Gasteiger partial charge in [0.2, 0.25) is 5.89 Å². The fourth-order valence-corrected chi connectivity index (χ4v) is 3.26. The highest BCUT2D eigenvalue weighted by Crippen LogP contribution is 2.35. The van der Waals surface area contributed by atoms with Crippen LogP contribution in [-0.2, 0) is 16.4 Å². The fourth-order valence-electron chi connectivity index (χ4n) is 2.61. The van der Waals surface area contributed by atoms with Gasteiger partial charge in [0.05, 0.1) is 11.4 Å². The average molecular weight is 378 g/mol. The van der Waals surface area contributed by atoms with E-state index in [2.05, 4.69) is 15.5 Å². The van der Waals surface area contributed by atoms with E-state index in [0.29, 0.717) is 23.3 Å². The number of anilines is 1. The van der Waals surface area contributed by atoms with Crippen LogP contribution in [0.4, 0.5) is 10.5 Å². The number of sulfone groups is 1. The molecule has 0 unspecified atom stereocenters. The third-order valence-electron chi connectivity index (χ3n) is 4.54. The Balaban J connectivity index is 1.66. The largest absolute Gasteiger partial charge is 0.339 e. The third kappa shape index (κ3) is 4.04. The number of aromatic nitrogens is 2. The molecule has 0 aliphatic heterocycles. The maximum atomic E-state index is 12.4. The number of amides is 2. The summed E-state index contributed by atoms with van der Waals surface area (Å²) in [5.74, 6) is 1.43. The molecule has 0 bridgehead atoms. The highest BCUT2D eigenvalue weighted by atomic mass is 32.2. The number of aryl methyl sites for hydroxylation is 1. The summed E-state index contributed by atoms with van der Waals surface area (Å²) in [5.41, 5.74) is 1.22. The minimum Gasteiger partial charge on any atom is -0.339 e. The van der Waals surface area contributed by atoms with Crippen LogP contribution in [0.3, 0.4) is 0 Å². The summed E-state index contributed by atoms with van der Waals surface area (Å²) in [6, 6.07) is 4.26. The van der Waals surface area contributed by atoms with Gasteiger partial charge in [-0.05, 0) is 37.5 Å². The second kappa shape index (κ2) is 7.06. The number of nitrogens with one attached hydrogen (secondary N) is 1. The molecule has 1 N–H and O–H groups in total. The van der Waals surface area contributed by atoms with Gasteiger partial charge in [-0.25, -0.2) is 13.2 Å². The Labute approximate surface area is 152 Å². The molecule has 0 atom stereocenters. The van der Waals surface area contributed by atoms with E-state index < -0.39 is 9.84 Å². The summed E-state index contributed by atoms with van der Waals surface area (Å²) in [6.07, 6.45) is 4.43. The zero-order chi connectivity index (χ0) is 18.9. The highest BCUT2D eigenvalue weighted by Gasteiger charge is 2.26. The zero-order valence-corrected chi connectivity index (χ0v) is 15.8. The van der Waals surface area contributed by atoms with Gasteiger partial charge in [-0.3, -0.25) is 0 Å². The topological polar surface area (TPSA) is 105 Å². The van der Waals surface area contributed by atoms with Gasteiger partial charge < -0.3 is 14.7 Å². The van der Waals surface area contributed by atoms with Gasteiger partial charge in [-0.1, -0.05) is 17.6 Å². The monoisotopic (exact) mass is 378 g/mol. The van der Waals surface area contributed by atoms with Crippen LogP contribution < -0.4 is 5.32 Å². The number of carbonyl (C=O) groups excluding carboxylic acids is 1. The first kappa shape index (κ1) is 18.4. The molecule has 26 heavy (non-hydrogen) atoms. The lowest BCUT2D eigenvalue weighted by molar-refractivity contribution is 0.218. The summed E-state index contributed by atoms with van der Waals surface area (Å²) in [5, 5.41) is 6.66. The molecular formula is C17H22N4O4S. The van der Waals surface area contributed by atoms with Gasteiger partial charge in [0.15, 0.2) is 15.7 Å². The molecule has 9 heteroatoms. The Morgan fingerprint density at radius 2 is 2.12 bits per heavy atom. The average Bonchev–Trinajstić information content (AvgIpc) is 2.94. The summed E-state index contributed by atoms with van der Waals surface area (Å²) in [7, 11) is -1.73. The minimum absolute atomic E-state index is 0.157. The predicted molar refractivity (Wildman–Crippen MR) is 95.7 cm³/mol. The number of carbonyl (C=O) groups is 1. The SMILES string of the molecule is Cc1ccc(S(C)(=O)=O)cc1NC(=O)N(C)Cc1noc(C2CCC2)n1. The van der Waals surface area contributed by atoms with Gasteiger partial charge >= 0.3 is 6.03 Å². The smallest absolute Gasteiger partial charge is 0.322 e. The van der Waals surface area contributed by atoms with Crippen LogP contribution in [0.15, 0.2) is 27.6 Å². The first-order chi connectivity index (χ1) is 12.2. The minimum atomic E-state index is -3.35. The molecule has 1 saturated carbocycles. The quantitative estimate of drug-likeness (QED) is 0.857. The summed E-state index contributed by atoms with van der Waals surface area (Å²) >= 11 is 0. The molecule has 1 aliphatic carbocycles. The van der Waals surface area contributed by atoms with Crippen molar-refractivity contribution < 1.29 is 17.7 Å². The molecule has 1 aliphatic rings. The van der Waals surface area contributed by atoms with Crippen molar-refractivity contribution >= 4 is 21.6 Å². The third-order valence-corrected chi connectivity index (χ3v) is 5.65. The van der Waals surface area contributed by atoms with Crippen molar-refractivity contribution in [1.29, 1.82) is 0 Å². The molecule has 1 aromatic carbocycles. The van der Waals surface area contributed by atoms with Crippen molar-refractivity contribution in [3.63, 3.8) is 0 Å². The number of hydrogen-bond acceptors (Lipinski definition) is 6. The maximum Gasteiger partial charge on any atom is 0.322 e. The Morgan fingerprint density at radius 3 is 2.73 bits per heavy atom. The van der Waals surface area contributed by atoms with Crippen molar-refractivity contribution in [2.24, 2.45) is 0 Å². The van der Waals surface area contributed by atoms with Crippen LogP contribution in [-0.4, -0.2) is 42.8 Å². The van der Waals surface area contributed by atoms with E-state index in [1.807, 2.05) is 0 Å². The summed E-state index contributed by atoms with van der Waals surface area (Å²) < 4.78 is 28.6. The summed E-state index contributed by atoms with van der Waals surface area (Å²) in [6.45, 7) is 2.00. The van der Waals surface area contributed by atoms with Gasteiger partial charge in [-0.15, -0.1) is 0 Å². The van der Waals surface area contributed by atoms with Crippen molar-refractivity contribution in [1.82, 2.24) is 15.0 Å². The van der Waals surface area contributed by atoms with Crippen LogP contribution >= 0.6 is 0 Å². The van der Waals surface area contributed by atoms with Crippen LogP contribution in [0.1, 0.15) is 42.5 Å². The number of nitrogens with zero attached hydrogens (tertiary/aromatic N) is 3. The van der Waals surface area contributed by atoms with Crippen LogP contribution in [0.5, 0.6) is 0 Å². The first-order valence-corrected chi connectivity index (χ1v) is 10.3. The second-order valence-corrected chi connectivity index (χ2v) is 8.73. The van der Waals surface area contributed by atoms with Crippen molar-refractivity contribution in [3.8, 4) is 0 Å². The van der Waals surface area contributed by atoms with Gasteiger partial charge in [-0.2, -0.15) is 4.98 Å². The van der Waals surface area contributed by atoms with Crippen molar-refractivity contribution in [2.45, 2.75) is 43.5 Å². The highest BCUT2D eigenvalue weighted by molar-refractivity contribution is 7.90. The maximum absolute atomic E-state index is 12.4. The molecule has 140 valence electrons. The van der Waals surface area contributed by atoms with E-state index in [-0.39, 0.29) is 17.5 Å². The predicted octanol–water partition coefficient (Wildman–Crippen LogP) is 2.71. The summed E-state index contributed by atoms with van der Waals surface area (Å²) in [4.78, 5) is 18.3. The number of hydrogen-bond donors (Lipinski definition) is 1. The zero-order valence-electron chi connectivity index (χ0n) is 15.0. The van der Waals surface area contributed by atoms with Crippen LogP contribution in [0, 0.1) is 6.92 Å². The lowest BCUT2D eigenvalue weighted by Crippen LogP contribution is -2.31. The molecule has 1 heterocycles. The lowest BCUT2D eigenvalue weighted by atomic mass is 9.85. The number of urea groups is 1. The lowest BCUT2D eigenvalue weighted by Gasteiger charge is -2.20. The molecule has 1 aromatic heterocycles. The van der Waals surface area contributed by atoms with Crippen molar-refractivity contribution in [2.75, 3.05) is 18.6 Å². The van der Waals surface area contributed by atoms with Crippen LogP contribution in [0.25, 0.3) is 0 Å². The Kier molecular flexibility index (Phi) is 4.99. The first-order valence-electron chi connectivity index (χ1n) is 8.39. The Bertz CT molecular complexity index is 919. The van der Waals surface area contributed by atoms with E-state index in [0.717, 1.165) is 24.7 Å². The normalized spacial score (nSPS) is 14.7. The molecule has 0 radical (unpaired) electrons. The van der Waals surface area contributed by atoms with E-state index in [1.165, 1.54) is 23.5 Å². The molecular weight excluding hydrogens is 356 g/mol. The molecule has 2 amide bonds. The van der Waals surface area contributed by atoms with E-state index >= 15 is 0 Å². The number of rotatable bonds is 5. The van der Waals surface area contributed by atoms with Crippen LogP contribution in [0.2, 0.25) is 0 Å². The molecule has 1 fully saturated rings. The molecule has 0 spiro atoms. The second-order valence-electron chi connectivity index (χ2n) is 6.71. The van der Waals surface area contributed by atoms with E-state index in [9.17, 15) is 13.2 Å². The van der Waals surface area contributed by atoms with Crippen molar-refractivity contribution in [3.05, 3.63) is 35.5 Å². The van der Waals surface area contributed by atoms with Gasteiger partial charge in [0.25, 0.3) is 0 Å². The Morgan fingerprint density at radius 1 is 1.38 bits per heavy atom. The fraction of sp³-hybridized carbons (Fsp3) is 0.471.